The van der Waals surface area contributed by atoms with Crippen LogP contribution in [0.15, 0.2) is 66.7 Å². The first-order valence-electron chi connectivity index (χ1n) is 13.1. The summed E-state index contributed by atoms with van der Waals surface area (Å²) in [6.07, 6.45) is -0.426. The molecular formula is C29H40O9SSi. The maximum atomic E-state index is 12.9. The summed E-state index contributed by atoms with van der Waals surface area (Å²) in [6.45, 7) is 12.1. The summed E-state index contributed by atoms with van der Waals surface area (Å²) >= 11 is 0. The van der Waals surface area contributed by atoms with Gasteiger partial charge in [-0.3, -0.25) is 4.18 Å². The Morgan fingerprint density at radius 3 is 2.12 bits per heavy atom. The van der Waals surface area contributed by atoms with Crippen LogP contribution in [0.5, 0.6) is 11.5 Å². The lowest BCUT2D eigenvalue weighted by atomic mass is 10.0. The number of esters is 1. The van der Waals surface area contributed by atoms with Crippen molar-refractivity contribution in [3.63, 3.8) is 0 Å². The van der Waals surface area contributed by atoms with Gasteiger partial charge in [0.25, 0.3) is 10.1 Å². The lowest BCUT2D eigenvalue weighted by Gasteiger charge is -2.43. The van der Waals surface area contributed by atoms with Crippen LogP contribution in [0.25, 0.3) is 0 Å². The molecule has 0 bridgehead atoms. The number of hydrogen-bond donors (Lipinski definition) is 0. The molecule has 0 saturated carbocycles. The number of hydrogen-bond acceptors (Lipinski definition) is 9. The number of rotatable bonds is 11. The van der Waals surface area contributed by atoms with Crippen LogP contribution in [0, 0.1) is 0 Å². The smallest absolute Gasteiger partial charge is 0.338 e. The van der Waals surface area contributed by atoms with E-state index >= 15 is 0 Å². The number of ether oxygens (including phenoxy) is 4. The zero-order valence-electron chi connectivity index (χ0n) is 24.3. The van der Waals surface area contributed by atoms with E-state index in [9.17, 15) is 13.2 Å². The molecule has 0 amide bonds. The molecule has 1 heterocycles. The van der Waals surface area contributed by atoms with Crippen molar-refractivity contribution in [2.45, 2.75) is 76.5 Å². The molecule has 2 aromatic carbocycles. The molecule has 3 rings (SSSR count). The molecule has 0 N–H and O–H groups in total. The highest BCUT2D eigenvalue weighted by molar-refractivity contribution is 7.86. The number of carbonyl (C=O) groups is 1. The topological polar surface area (TPSA) is 107 Å². The first-order chi connectivity index (χ1) is 18.6. The van der Waals surface area contributed by atoms with Crippen LogP contribution in [-0.2, 0) is 28.2 Å². The molecule has 2 aromatic rings. The fourth-order valence-electron chi connectivity index (χ4n) is 3.78. The number of methoxy groups -OCH3 is 1. The minimum absolute atomic E-state index is 0.0999. The second-order valence-corrected chi connectivity index (χ2v) is 17.6. The normalized spacial score (nSPS) is 21.4. The summed E-state index contributed by atoms with van der Waals surface area (Å²) < 4.78 is 60.3. The van der Waals surface area contributed by atoms with Crippen molar-refractivity contribution < 1.29 is 40.8 Å². The molecule has 0 radical (unpaired) electrons. The maximum Gasteiger partial charge on any atom is 0.338 e. The van der Waals surface area contributed by atoms with Gasteiger partial charge in [0.2, 0.25) is 0 Å². The maximum absolute atomic E-state index is 12.9. The number of carbonyl (C=O) groups excluding carboxylic acids is 1. The summed E-state index contributed by atoms with van der Waals surface area (Å²) in [4.78, 5) is 12.9. The van der Waals surface area contributed by atoms with Crippen molar-refractivity contribution in [3.05, 3.63) is 72.3 Å². The Kier molecular flexibility index (Phi) is 10.2. The Labute approximate surface area is 238 Å². The van der Waals surface area contributed by atoms with Crippen LogP contribution in [0.4, 0.5) is 0 Å². The fraction of sp³-hybridized carbons (Fsp3) is 0.483. The Balaban J connectivity index is 1.96. The molecule has 5 atom stereocenters. The monoisotopic (exact) mass is 592 g/mol. The van der Waals surface area contributed by atoms with Gasteiger partial charge in [-0.2, -0.15) is 8.42 Å². The summed E-state index contributed by atoms with van der Waals surface area (Å²) in [5.74, 6) is 0.532. The molecule has 0 aromatic heterocycles. The highest BCUT2D eigenvalue weighted by Gasteiger charge is 2.45. The molecule has 0 spiro atoms. The molecule has 0 saturated heterocycles. The van der Waals surface area contributed by atoms with Crippen molar-refractivity contribution >= 4 is 24.4 Å². The fourth-order valence-corrected chi connectivity index (χ4v) is 5.52. The molecule has 1 aliphatic rings. The zero-order valence-corrected chi connectivity index (χ0v) is 26.1. The molecule has 40 heavy (non-hydrogen) atoms. The number of benzene rings is 2. The lowest BCUT2D eigenvalue weighted by molar-refractivity contribution is -0.175. The zero-order chi connectivity index (χ0) is 29.7. The van der Waals surface area contributed by atoms with E-state index < -0.39 is 55.1 Å². The van der Waals surface area contributed by atoms with E-state index in [0.29, 0.717) is 17.1 Å². The van der Waals surface area contributed by atoms with E-state index in [4.69, 9.17) is 27.6 Å². The van der Waals surface area contributed by atoms with Crippen LogP contribution in [0.2, 0.25) is 18.1 Å². The summed E-state index contributed by atoms with van der Waals surface area (Å²) in [6, 6.07) is 15.4. The van der Waals surface area contributed by atoms with Gasteiger partial charge in [0.15, 0.2) is 14.6 Å². The second kappa shape index (κ2) is 12.9. The second-order valence-electron chi connectivity index (χ2n) is 11.2. The third-order valence-corrected chi connectivity index (χ3v) is 12.0. The van der Waals surface area contributed by atoms with Gasteiger partial charge in [-0.25, -0.2) is 4.79 Å². The molecule has 1 aliphatic heterocycles. The Hall–Kier alpha value is -2.70. The SMILES string of the molecule is COc1ccc(O[C@@H]2C=CC(O[Si](C)(C)C(C)(C)C)O[C@H]2[C@H](OS(C)(=O)=O)[C@@H](C)OC(=O)c2ccccc2)cc1. The van der Waals surface area contributed by atoms with Gasteiger partial charge >= 0.3 is 5.97 Å². The van der Waals surface area contributed by atoms with Crippen LogP contribution in [-0.4, -0.2) is 66.8 Å². The quantitative estimate of drug-likeness (QED) is 0.148. The van der Waals surface area contributed by atoms with E-state index in [0.717, 1.165) is 6.26 Å². The minimum atomic E-state index is -4.00. The third kappa shape index (κ3) is 8.65. The van der Waals surface area contributed by atoms with Crippen LogP contribution in [0.1, 0.15) is 38.1 Å². The van der Waals surface area contributed by atoms with Crippen LogP contribution >= 0.6 is 0 Å². The predicted molar refractivity (Wildman–Crippen MR) is 155 cm³/mol. The van der Waals surface area contributed by atoms with Crippen molar-refractivity contribution in [2.75, 3.05) is 13.4 Å². The Bertz CT molecular complexity index is 1250. The molecule has 0 aliphatic carbocycles. The van der Waals surface area contributed by atoms with Gasteiger partial charge in [0.1, 0.15) is 35.9 Å². The summed E-state index contributed by atoms with van der Waals surface area (Å²) in [5.41, 5.74) is 0.321. The largest absolute Gasteiger partial charge is 0.497 e. The Morgan fingerprint density at radius 1 is 0.975 bits per heavy atom. The first kappa shape index (κ1) is 31.8. The van der Waals surface area contributed by atoms with Gasteiger partial charge in [-0.05, 0) is 73.6 Å². The highest BCUT2D eigenvalue weighted by Crippen LogP contribution is 2.39. The average Bonchev–Trinajstić information content (AvgIpc) is 2.87. The molecule has 11 heteroatoms. The van der Waals surface area contributed by atoms with Gasteiger partial charge in [0.05, 0.1) is 18.9 Å². The summed E-state index contributed by atoms with van der Waals surface area (Å²) in [5, 5.41) is -0.0999. The standard InChI is InChI=1S/C29H40O9SSi/c1-20(34-28(30)21-12-10-9-11-13-21)26(37-39(6,31)32)27-24(35-23-16-14-22(33-5)15-17-23)18-19-25(36-27)38-40(7,8)29(2,3)4/h9-20,24-27H,1-8H3/t20-,24-,25?,26-,27-/m1/s1. The van der Waals surface area contributed by atoms with Gasteiger partial charge in [-0.1, -0.05) is 39.0 Å². The summed E-state index contributed by atoms with van der Waals surface area (Å²) in [7, 11) is -4.72. The molecule has 9 nitrogen and oxygen atoms in total. The molecular weight excluding hydrogens is 552 g/mol. The van der Waals surface area contributed by atoms with Gasteiger partial charge in [-0.15, -0.1) is 0 Å². The minimum Gasteiger partial charge on any atom is -0.497 e. The predicted octanol–water partition coefficient (Wildman–Crippen LogP) is 5.34. The molecule has 220 valence electrons. The molecule has 1 unspecified atom stereocenters. The third-order valence-electron chi connectivity index (χ3n) is 7.00. The van der Waals surface area contributed by atoms with Crippen molar-refractivity contribution in [2.24, 2.45) is 0 Å². The molecule has 0 fully saturated rings. The van der Waals surface area contributed by atoms with E-state index in [1.54, 1.807) is 80.8 Å². The average molecular weight is 593 g/mol. The van der Waals surface area contributed by atoms with E-state index in [1.165, 1.54) is 0 Å². The van der Waals surface area contributed by atoms with Crippen LogP contribution in [0.3, 0.4) is 0 Å². The van der Waals surface area contributed by atoms with Crippen molar-refractivity contribution in [3.8, 4) is 11.5 Å². The van der Waals surface area contributed by atoms with Crippen molar-refractivity contribution in [1.82, 2.24) is 0 Å². The van der Waals surface area contributed by atoms with E-state index in [2.05, 4.69) is 33.9 Å². The Morgan fingerprint density at radius 2 is 1.57 bits per heavy atom. The van der Waals surface area contributed by atoms with Gasteiger partial charge < -0.3 is 23.4 Å². The lowest BCUT2D eigenvalue weighted by Crippen LogP contribution is -2.55. The van der Waals surface area contributed by atoms with Gasteiger partial charge in [0, 0.05) is 0 Å². The van der Waals surface area contributed by atoms with Crippen molar-refractivity contribution in [1.29, 1.82) is 0 Å². The highest BCUT2D eigenvalue weighted by atomic mass is 32.2. The van der Waals surface area contributed by atoms with E-state index in [1.807, 2.05) is 0 Å². The van der Waals surface area contributed by atoms with Crippen LogP contribution < -0.4 is 9.47 Å². The van der Waals surface area contributed by atoms with E-state index in [-0.39, 0.29) is 5.04 Å². The first-order valence-corrected chi connectivity index (χ1v) is 17.8.